The number of hydrogen-bond donors (Lipinski definition) is 1. The van der Waals surface area contributed by atoms with E-state index in [-0.39, 0.29) is 0 Å². The molecule has 0 fully saturated rings. The van der Waals surface area contributed by atoms with Crippen LogP contribution in [0.2, 0.25) is 0 Å². The Morgan fingerprint density at radius 1 is 0.974 bits per heavy atom. The van der Waals surface area contributed by atoms with Gasteiger partial charge in [0.2, 0.25) is 6.10 Å². The lowest BCUT2D eigenvalue weighted by molar-refractivity contribution is -0.126. The van der Waals surface area contributed by atoms with Crippen LogP contribution in [0.3, 0.4) is 0 Å². The van der Waals surface area contributed by atoms with Gasteiger partial charge in [0, 0.05) is 10.5 Å². The van der Waals surface area contributed by atoms with Gasteiger partial charge in [-0.3, -0.25) is 9.52 Å². The van der Waals surface area contributed by atoms with Gasteiger partial charge in [-0.2, -0.15) is 0 Å². The number of esters is 1. The second-order valence-corrected chi connectivity index (χ2v) is 10.4. The predicted molar refractivity (Wildman–Crippen MR) is 152 cm³/mol. The van der Waals surface area contributed by atoms with Crippen molar-refractivity contribution in [2.45, 2.75) is 56.1 Å². The van der Waals surface area contributed by atoms with Crippen molar-refractivity contribution < 1.29 is 28.5 Å². The van der Waals surface area contributed by atoms with Crippen molar-refractivity contribution >= 4 is 39.5 Å². The molecule has 1 atom stereocenters. The molecule has 0 aromatic heterocycles. The molecule has 0 aliphatic carbocycles. The fourth-order valence-corrected chi connectivity index (χ4v) is 4.70. The fourth-order valence-electron chi connectivity index (χ4n) is 4.10. The highest BCUT2D eigenvalue weighted by Gasteiger charge is 2.33. The Balaban J connectivity index is 1.63. The number of benzene rings is 3. The Hall–Kier alpha value is -3.52. The van der Waals surface area contributed by atoms with Crippen LogP contribution in [0, 0.1) is 0 Å². The van der Waals surface area contributed by atoms with Crippen LogP contribution >= 0.6 is 11.9 Å². The first-order valence-corrected chi connectivity index (χ1v) is 13.5. The van der Waals surface area contributed by atoms with Crippen LogP contribution in [0.25, 0.3) is 0 Å². The van der Waals surface area contributed by atoms with Gasteiger partial charge < -0.3 is 18.9 Å². The van der Waals surface area contributed by atoms with E-state index in [9.17, 15) is 9.59 Å². The van der Waals surface area contributed by atoms with Gasteiger partial charge in [-0.05, 0) is 77.9 Å². The first-order valence-electron chi connectivity index (χ1n) is 12.6. The minimum absolute atomic E-state index is 0.297. The Morgan fingerprint density at radius 2 is 1.67 bits per heavy atom. The molecular formula is C29H29B2NO6S. The molecule has 1 N–H and O–H groups in total. The fraction of sp³-hybridized carbons (Fsp3) is 0.310. The molecule has 0 spiro atoms. The summed E-state index contributed by atoms with van der Waals surface area (Å²) in [7, 11) is 12.9. The number of rotatable bonds is 10. The quantitative estimate of drug-likeness (QED) is 0.214. The molecule has 7 nitrogen and oxygen atoms in total. The summed E-state index contributed by atoms with van der Waals surface area (Å²) in [6.07, 6.45) is 0.376. The van der Waals surface area contributed by atoms with Gasteiger partial charge in [0.1, 0.15) is 5.75 Å². The first kappa shape index (κ1) is 28.5. The van der Waals surface area contributed by atoms with E-state index in [1.165, 1.54) is 24.6 Å². The number of fused-ring (bicyclic) bond motifs is 1. The molecule has 3 aromatic rings. The number of carbonyl (C=O) groups excluding carboxylic acids is 2. The molecule has 198 valence electrons. The number of amides is 1. The third kappa shape index (κ3) is 6.92. The van der Waals surface area contributed by atoms with E-state index in [4.69, 9.17) is 34.6 Å². The number of hydrogen-bond acceptors (Lipinski definition) is 7. The monoisotopic (exact) mass is 541 g/mol. The van der Waals surface area contributed by atoms with Crippen LogP contribution in [0.1, 0.15) is 66.3 Å². The maximum atomic E-state index is 13.6. The van der Waals surface area contributed by atoms with Gasteiger partial charge in [-0.25, -0.2) is 4.79 Å². The van der Waals surface area contributed by atoms with Crippen LogP contribution in [-0.2, 0) is 16.0 Å². The lowest BCUT2D eigenvalue weighted by Crippen LogP contribution is -2.39. The Kier molecular flexibility index (Phi) is 8.85. The van der Waals surface area contributed by atoms with Crippen molar-refractivity contribution in [3.8, 4) is 17.2 Å². The van der Waals surface area contributed by atoms with E-state index in [1.807, 2.05) is 31.2 Å². The van der Waals surface area contributed by atoms with Gasteiger partial charge in [0.05, 0.1) is 12.7 Å². The standard InChI is InChI=1S/C29H29B2NO6S/c1-5-6-19-15-21(28(34)35-4)10-13-23(19)36-26(20-9-14-24-25(16-20)38-29(30,31)37-24)27(33)32-39-22-11-7-18(8-12-22)17(2)3/h7-17,26H,5-6H2,1-4H3,(H,32,33). The SMILES string of the molecule is [B]C1([B])Oc2ccc(C(Oc3ccc(C(=O)OC)cc3CCC)C(=O)NSc3ccc(C(C)C)cc3)cc2O1. The van der Waals surface area contributed by atoms with Gasteiger partial charge in [-0.15, -0.1) is 0 Å². The highest BCUT2D eigenvalue weighted by atomic mass is 32.2. The third-order valence-corrected chi connectivity index (χ3v) is 6.92. The summed E-state index contributed by atoms with van der Waals surface area (Å²) in [5.41, 5.74) is 1.10. The molecule has 1 unspecified atom stereocenters. The smallest absolute Gasteiger partial charge is 0.337 e. The summed E-state index contributed by atoms with van der Waals surface area (Å²) >= 11 is 1.19. The van der Waals surface area contributed by atoms with Crippen molar-refractivity contribution in [1.29, 1.82) is 0 Å². The van der Waals surface area contributed by atoms with Crippen molar-refractivity contribution in [3.63, 3.8) is 0 Å². The van der Waals surface area contributed by atoms with Crippen LogP contribution in [0.5, 0.6) is 17.2 Å². The molecular weight excluding hydrogens is 512 g/mol. The van der Waals surface area contributed by atoms with Gasteiger partial charge in [0.25, 0.3) is 5.91 Å². The molecule has 0 saturated heterocycles. The summed E-state index contributed by atoms with van der Waals surface area (Å²) in [5.74, 6) is 0.697. The van der Waals surface area contributed by atoms with Crippen molar-refractivity contribution in [2.75, 3.05) is 7.11 Å². The molecule has 0 bridgehead atoms. The van der Waals surface area contributed by atoms with Crippen molar-refractivity contribution in [1.82, 2.24) is 4.72 Å². The average Bonchev–Trinajstić information content (AvgIpc) is 3.23. The predicted octanol–water partition coefficient (Wildman–Crippen LogP) is 5.21. The lowest BCUT2D eigenvalue weighted by atomic mass is 9.76. The second-order valence-electron chi connectivity index (χ2n) is 9.49. The van der Waals surface area contributed by atoms with Gasteiger partial charge >= 0.3 is 5.97 Å². The molecule has 1 heterocycles. The zero-order valence-electron chi connectivity index (χ0n) is 22.4. The summed E-state index contributed by atoms with van der Waals surface area (Å²) in [5, 5.41) is 0. The molecule has 4 radical (unpaired) electrons. The zero-order chi connectivity index (χ0) is 28.2. The number of methoxy groups -OCH3 is 1. The molecule has 4 rings (SSSR count). The van der Waals surface area contributed by atoms with E-state index in [0.717, 1.165) is 16.9 Å². The summed E-state index contributed by atoms with van der Waals surface area (Å²) in [6.45, 7) is 6.27. The second kappa shape index (κ2) is 12.1. The Labute approximate surface area is 235 Å². The molecule has 39 heavy (non-hydrogen) atoms. The van der Waals surface area contributed by atoms with Crippen LogP contribution < -0.4 is 18.9 Å². The lowest BCUT2D eigenvalue weighted by Gasteiger charge is -2.21. The Morgan fingerprint density at radius 3 is 2.33 bits per heavy atom. The van der Waals surface area contributed by atoms with Gasteiger partial charge in [-0.1, -0.05) is 45.4 Å². The summed E-state index contributed by atoms with van der Waals surface area (Å²) in [6, 6.07) is 17.9. The zero-order valence-corrected chi connectivity index (χ0v) is 23.2. The van der Waals surface area contributed by atoms with E-state index in [1.54, 1.807) is 36.4 Å². The molecule has 1 amide bonds. The Bertz CT molecular complexity index is 1350. The van der Waals surface area contributed by atoms with Crippen molar-refractivity contribution in [3.05, 3.63) is 82.9 Å². The number of ether oxygens (including phenoxy) is 4. The van der Waals surface area contributed by atoms with Crippen LogP contribution in [-0.4, -0.2) is 40.3 Å². The minimum atomic E-state index is -1.80. The topological polar surface area (TPSA) is 83.1 Å². The summed E-state index contributed by atoms with van der Waals surface area (Å²) < 4.78 is 24.9. The molecule has 1 aliphatic heterocycles. The largest absolute Gasteiger partial charge is 0.476 e. The van der Waals surface area contributed by atoms with E-state index < -0.39 is 23.6 Å². The normalized spacial score (nSPS) is 14.1. The minimum Gasteiger partial charge on any atom is -0.476 e. The van der Waals surface area contributed by atoms with E-state index >= 15 is 0 Å². The number of carbonyl (C=O) groups is 2. The van der Waals surface area contributed by atoms with Crippen LogP contribution in [0.15, 0.2) is 65.6 Å². The van der Waals surface area contributed by atoms with Gasteiger partial charge in [0.15, 0.2) is 32.8 Å². The number of nitrogens with one attached hydrogen (secondary N) is 1. The van der Waals surface area contributed by atoms with E-state index in [0.29, 0.717) is 40.7 Å². The third-order valence-electron chi connectivity index (χ3n) is 6.11. The highest BCUT2D eigenvalue weighted by Crippen LogP contribution is 2.40. The average molecular weight is 541 g/mol. The maximum absolute atomic E-state index is 13.6. The van der Waals surface area contributed by atoms with E-state index in [2.05, 4.69) is 18.6 Å². The number of aryl methyl sites for hydroxylation is 1. The summed E-state index contributed by atoms with van der Waals surface area (Å²) in [4.78, 5) is 26.5. The van der Waals surface area contributed by atoms with Crippen molar-refractivity contribution in [2.24, 2.45) is 0 Å². The van der Waals surface area contributed by atoms with Crippen LogP contribution in [0.4, 0.5) is 0 Å². The molecule has 0 saturated carbocycles. The highest BCUT2D eigenvalue weighted by molar-refractivity contribution is 7.98. The molecule has 1 aliphatic rings. The first-order chi connectivity index (χ1) is 18.6. The maximum Gasteiger partial charge on any atom is 0.337 e. The molecule has 10 heteroatoms. The molecule has 3 aromatic carbocycles.